The lowest BCUT2D eigenvalue weighted by molar-refractivity contribution is -0.143. The van der Waals surface area contributed by atoms with Crippen LogP contribution in [0, 0.1) is 4.77 Å². The number of carbonyl (C=O) groups excluding carboxylic acids is 1. The van der Waals surface area contributed by atoms with Crippen molar-refractivity contribution in [1.82, 2.24) is 9.97 Å². The van der Waals surface area contributed by atoms with Crippen LogP contribution in [0.5, 0.6) is 0 Å². The number of nitrogens with one attached hydrogen (secondary N) is 2. The first-order valence-electron chi connectivity index (χ1n) is 6.31. The summed E-state index contributed by atoms with van der Waals surface area (Å²) in [5, 5.41) is 0.867. The summed E-state index contributed by atoms with van der Waals surface area (Å²) in [6.45, 7) is 2.20. The van der Waals surface area contributed by atoms with E-state index in [2.05, 4.69) is 15.0 Å². The normalized spacial score (nSPS) is 12.9. The summed E-state index contributed by atoms with van der Waals surface area (Å²) >= 11 is 6.45. The molecule has 0 aromatic carbocycles. The van der Waals surface area contributed by atoms with Crippen LogP contribution >= 0.6 is 24.0 Å². The quantitative estimate of drug-likeness (QED) is 0.494. The van der Waals surface area contributed by atoms with Crippen LogP contribution in [0.15, 0.2) is 9.79 Å². The fraction of sp³-hybridized carbons (Fsp3) is 0.500. The standard InChI is InChI=1S/C12H15N3O3S2/c1-2-18-9(16)4-3-5-20-8-6-7-10(13-8)14-12(19)15-11(7)17/h2-6H2,1H3,(H2,14,15,17,19). The van der Waals surface area contributed by atoms with Gasteiger partial charge in [-0.1, -0.05) is 0 Å². The van der Waals surface area contributed by atoms with Crippen molar-refractivity contribution in [3.8, 4) is 0 Å². The first-order chi connectivity index (χ1) is 9.60. The molecule has 2 N–H and O–H groups in total. The van der Waals surface area contributed by atoms with Gasteiger partial charge in [0.05, 0.1) is 17.2 Å². The molecular weight excluding hydrogens is 298 g/mol. The fourth-order valence-corrected chi connectivity index (χ4v) is 2.91. The van der Waals surface area contributed by atoms with Gasteiger partial charge in [0.25, 0.3) is 5.56 Å². The third-order valence-corrected chi connectivity index (χ3v) is 3.95. The minimum Gasteiger partial charge on any atom is -0.466 e. The Hall–Kier alpha value is -1.41. The number of thioether (sulfide) groups is 1. The molecule has 1 aromatic heterocycles. The lowest BCUT2D eigenvalue weighted by Gasteiger charge is -2.01. The first kappa shape index (κ1) is 15.0. The van der Waals surface area contributed by atoms with E-state index in [-0.39, 0.29) is 16.3 Å². The summed E-state index contributed by atoms with van der Waals surface area (Å²) in [7, 11) is 0. The van der Waals surface area contributed by atoms with E-state index in [9.17, 15) is 9.59 Å². The van der Waals surface area contributed by atoms with Crippen molar-refractivity contribution < 1.29 is 9.53 Å². The van der Waals surface area contributed by atoms with E-state index in [0.717, 1.165) is 17.2 Å². The van der Waals surface area contributed by atoms with Crippen LogP contribution in [0.25, 0.3) is 0 Å². The van der Waals surface area contributed by atoms with Crippen LogP contribution in [0.2, 0.25) is 0 Å². The lowest BCUT2D eigenvalue weighted by atomic mass is 10.3. The molecule has 1 aromatic rings. The number of nitrogens with zero attached hydrogens (tertiary/aromatic N) is 1. The molecule has 8 heteroatoms. The van der Waals surface area contributed by atoms with E-state index >= 15 is 0 Å². The van der Waals surface area contributed by atoms with E-state index in [4.69, 9.17) is 17.0 Å². The van der Waals surface area contributed by atoms with Crippen LogP contribution in [0.3, 0.4) is 0 Å². The summed E-state index contributed by atoms with van der Waals surface area (Å²) in [5.74, 6) is 1.14. The summed E-state index contributed by atoms with van der Waals surface area (Å²) in [6, 6.07) is 0. The number of ether oxygens (including phenoxy) is 1. The van der Waals surface area contributed by atoms with Crippen molar-refractivity contribution in [2.75, 3.05) is 12.4 Å². The zero-order valence-corrected chi connectivity index (χ0v) is 12.7. The average molecular weight is 313 g/mol. The Kier molecular flexibility index (Phi) is 5.13. The van der Waals surface area contributed by atoms with Crippen molar-refractivity contribution >= 4 is 40.8 Å². The van der Waals surface area contributed by atoms with Gasteiger partial charge in [0, 0.05) is 12.8 Å². The van der Waals surface area contributed by atoms with E-state index in [1.165, 1.54) is 0 Å². The van der Waals surface area contributed by atoms with Gasteiger partial charge in [-0.15, -0.1) is 11.8 Å². The maximum Gasteiger partial charge on any atom is 0.305 e. The molecule has 2 heterocycles. The number of rotatable bonds is 5. The Morgan fingerprint density at radius 1 is 1.50 bits per heavy atom. The zero-order valence-electron chi connectivity index (χ0n) is 11.0. The fourth-order valence-electron chi connectivity index (χ4n) is 1.80. The number of aliphatic imine (C=N–C) groups is 1. The average Bonchev–Trinajstić information content (AvgIpc) is 2.78. The second-order valence-corrected chi connectivity index (χ2v) is 5.75. The number of H-pyrrole nitrogens is 2. The number of hydrogen-bond donors (Lipinski definition) is 2. The topological polar surface area (TPSA) is 87.3 Å². The molecule has 0 unspecified atom stereocenters. The first-order valence-corrected chi connectivity index (χ1v) is 7.71. The molecule has 1 aliphatic heterocycles. The van der Waals surface area contributed by atoms with Crippen molar-refractivity contribution in [3.05, 3.63) is 20.7 Å². The van der Waals surface area contributed by atoms with E-state index in [1.807, 2.05) is 0 Å². The van der Waals surface area contributed by atoms with Gasteiger partial charge in [-0.2, -0.15) is 0 Å². The van der Waals surface area contributed by atoms with Crippen molar-refractivity contribution in [2.24, 2.45) is 4.99 Å². The summed E-state index contributed by atoms with van der Waals surface area (Å²) < 4.78 is 5.14. The van der Waals surface area contributed by atoms with E-state index in [0.29, 0.717) is 30.8 Å². The van der Waals surface area contributed by atoms with Gasteiger partial charge in [0.2, 0.25) is 0 Å². The maximum atomic E-state index is 11.7. The highest BCUT2D eigenvalue weighted by Crippen LogP contribution is 2.25. The highest BCUT2D eigenvalue weighted by atomic mass is 32.2. The monoisotopic (exact) mass is 313 g/mol. The van der Waals surface area contributed by atoms with Gasteiger partial charge < -0.3 is 9.72 Å². The number of aromatic nitrogens is 2. The van der Waals surface area contributed by atoms with Crippen LogP contribution < -0.4 is 5.56 Å². The Morgan fingerprint density at radius 2 is 2.30 bits per heavy atom. The predicted octanol–water partition coefficient (Wildman–Crippen LogP) is 2.10. The molecule has 2 rings (SSSR count). The van der Waals surface area contributed by atoms with E-state index in [1.54, 1.807) is 18.7 Å². The molecule has 0 bridgehead atoms. The third-order valence-electron chi connectivity index (χ3n) is 2.68. The molecular formula is C12H15N3O3S2. The molecule has 1 aliphatic rings. The third kappa shape index (κ3) is 3.80. The summed E-state index contributed by atoms with van der Waals surface area (Å²) in [5.41, 5.74) is 0.432. The Morgan fingerprint density at radius 3 is 3.05 bits per heavy atom. The van der Waals surface area contributed by atoms with Gasteiger partial charge >= 0.3 is 5.97 Å². The van der Waals surface area contributed by atoms with Gasteiger partial charge in [-0.3, -0.25) is 14.6 Å². The van der Waals surface area contributed by atoms with Crippen LogP contribution in [0.1, 0.15) is 25.3 Å². The Balaban J connectivity index is 1.84. The van der Waals surface area contributed by atoms with Crippen LogP contribution in [0.4, 0.5) is 5.82 Å². The predicted molar refractivity (Wildman–Crippen MR) is 81.4 cm³/mol. The van der Waals surface area contributed by atoms with Crippen molar-refractivity contribution in [1.29, 1.82) is 0 Å². The smallest absolute Gasteiger partial charge is 0.305 e. The van der Waals surface area contributed by atoms with Gasteiger partial charge in [-0.25, -0.2) is 4.99 Å². The van der Waals surface area contributed by atoms with Crippen molar-refractivity contribution in [3.63, 3.8) is 0 Å². The van der Waals surface area contributed by atoms with Gasteiger partial charge in [0.1, 0.15) is 5.82 Å². The molecule has 0 fully saturated rings. The number of aromatic amines is 2. The van der Waals surface area contributed by atoms with Crippen molar-refractivity contribution in [2.45, 2.75) is 26.2 Å². The number of fused-ring (bicyclic) bond motifs is 1. The molecule has 0 amide bonds. The molecule has 0 atom stereocenters. The minimum atomic E-state index is -0.186. The molecule has 0 spiro atoms. The SMILES string of the molecule is CCOC(=O)CCCSC1=Nc2[nH]c(=S)[nH]c(=O)c2C1. The van der Waals surface area contributed by atoms with Crippen LogP contribution in [-0.4, -0.2) is 33.3 Å². The molecule has 20 heavy (non-hydrogen) atoms. The lowest BCUT2D eigenvalue weighted by Crippen LogP contribution is -2.13. The Bertz CT molecular complexity index is 648. The largest absolute Gasteiger partial charge is 0.466 e. The summed E-state index contributed by atoms with van der Waals surface area (Å²) in [6.07, 6.45) is 1.65. The second kappa shape index (κ2) is 6.85. The van der Waals surface area contributed by atoms with Gasteiger partial charge in [0.15, 0.2) is 4.77 Å². The minimum absolute atomic E-state index is 0.176. The molecule has 0 aliphatic carbocycles. The second-order valence-electron chi connectivity index (χ2n) is 4.17. The molecule has 108 valence electrons. The molecule has 0 radical (unpaired) electrons. The van der Waals surface area contributed by atoms with Gasteiger partial charge in [-0.05, 0) is 31.3 Å². The Labute approximate surface area is 125 Å². The molecule has 6 nitrogen and oxygen atoms in total. The van der Waals surface area contributed by atoms with E-state index < -0.39 is 0 Å². The number of hydrogen-bond acceptors (Lipinski definition) is 6. The summed E-state index contributed by atoms with van der Waals surface area (Å²) in [4.78, 5) is 32.6. The number of carbonyl (C=O) groups is 1. The molecule has 0 saturated carbocycles. The zero-order chi connectivity index (χ0) is 14.5. The van der Waals surface area contributed by atoms with Crippen LogP contribution in [-0.2, 0) is 16.0 Å². The maximum absolute atomic E-state index is 11.7. The highest BCUT2D eigenvalue weighted by molar-refractivity contribution is 8.14. The number of esters is 1. The molecule has 0 saturated heterocycles. The highest BCUT2D eigenvalue weighted by Gasteiger charge is 2.18.